The number of carbonyl (C=O) groups is 1. The number of fused-ring (bicyclic) bond motifs is 1. The van der Waals surface area contributed by atoms with Crippen molar-refractivity contribution in [2.45, 2.75) is 20.1 Å². The second kappa shape index (κ2) is 9.28. The fourth-order valence-corrected chi connectivity index (χ4v) is 3.00. The van der Waals surface area contributed by atoms with Gasteiger partial charge in [-0.1, -0.05) is 24.3 Å². The van der Waals surface area contributed by atoms with Crippen LogP contribution in [0.3, 0.4) is 0 Å². The molecule has 0 unspecified atom stereocenters. The second-order valence-electron chi connectivity index (χ2n) is 5.79. The van der Waals surface area contributed by atoms with Gasteiger partial charge < -0.3 is 26.6 Å². The molecule has 0 aliphatic rings. The van der Waals surface area contributed by atoms with E-state index in [0.717, 1.165) is 16.9 Å². The minimum atomic E-state index is -0.271. The maximum Gasteiger partial charge on any atom is 0.348 e. The van der Waals surface area contributed by atoms with Gasteiger partial charge in [-0.2, -0.15) is 0 Å². The normalized spacial score (nSPS) is 10.3. The minimum absolute atomic E-state index is 0. The Kier molecular flexibility index (Phi) is 7.07. The van der Waals surface area contributed by atoms with Crippen molar-refractivity contribution in [1.29, 1.82) is 0 Å². The molecule has 0 radical (unpaired) electrons. The van der Waals surface area contributed by atoms with Crippen LogP contribution in [0.5, 0.6) is 11.5 Å². The number of methoxy groups -OCH3 is 1. The average molecular weight is 391 g/mol. The topological polar surface area (TPSA) is 53.6 Å². The van der Waals surface area contributed by atoms with Gasteiger partial charge in [-0.25, -0.2) is 13.9 Å². The van der Waals surface area contributed by atoms with Crippen molar-refractivity contribution >= 4 is 17.0 Å². The lowest BCUT2D eigenvalue weighted by molar-refractivity contribution is -0.655. The van der Waals surface area contributed by atoms with E-state index in [1.807, 2.05) is 64.7 Å². The summed E-state index contributed by atoms with van der Waals surface area (Å²) in [6, 6.07) is 15.4. The number of ether oxygens (including phenoxy) is 3. The third kappa shape index (κ3) is 4.34. The molecule has 0 N–H and O–H groups in total. The molecule has 144 valence electrons. The van der Waals surface area contributed by atoms with Gasteiger partial charge in [-0.05, 0) is 31.2 Å². The number of benzene rings is 2. The van der Waals surface area contributed by atoms with E-state index in [4.69, 9.17) is 14.2 Å². The van der Waals surface area contributed by atoms with E-state index in [-0.39, 0.29) is 24.9 Å². The Morgan fingerprint density at radius 1 is 1.07 bits per heavy atom. The number of nitrogens with zero attached hydrogens (tertiary/aromatic N) is 2. The Hall–Kier alpha value is -2.73. The van der Waals surface area contributed by atoms with Crippen LogP contribution >= 0.6 is 0 Å². The van der Waals surface area contributed by atoms with Gasteiger partial charge in [-0.3, -0.25) is 0 Å². The zero-order valence-corrected chi connectivity index (χ0v) is 16.4. The Bertz CT molecular complexity index is 923. The van der Waals surface area contributed by atoms with Crippen LogP contribution in [0.4, 0.5) is 0 Å². The van der Waals surface area contributed by atoms with E-state index < -0.39 is 0 Å². The van der Waals surface area contributed by atoms with Gasteiger partial charge in [0.2, 0.25) is 0 Å². The Labute approximate surface area is 164 Å². The Morgan fingerprint density at radius 2 is 1.74 bits per heavy atom. The van der Waals surface area contributed by atoms with Crippen LogP contribution in [0.25, 0.3) is 11.0 Å². The van der Waals surface area contributed by atoms with Crippen molar-refractivity contribution in [2.24, 2.45) is 7.05 Å². The summed E-state index contributed by atoms with van der Waals surface area (Å²) < 4.78 is 20.4. The Morgan fingerprint density at radius 3 is 2.44 bits per heavy atom. The standard InChI is InChI=1S/C20H23N2O4.ClH/c1-4-25-20(23)13-22-16-10-6-5-9-15(16)21(2)19(22)14-26-18-12-8-7-11-17(18)24-3;/h5-12H,4,13-14H2,1-3H3;1H/q+1;/p-1. The first-order valence-electron chi connectivity index (χ1n) is 8.53. The average Bonchev–Trinajstić information content (AvgIpc) is 2.92. The fraction of sp³-hybridized carbons (Fsp3) is 0.300. The SMILES string of the molecule is CCOC(=O)Cn1c(COc2ccccc2OC)[n+](C)c2ccccc21.[Cl-]. The molecule has 7 heteroatoms. The second-order valence-corrected chi connectivity index (χ2v) is 5.79. The summed E-state index contributed by atoms with van der Waals surface area (Å²) in [4.78, 5) is 12.1. The van der Waals surface area contributed by atoms with Crippen molar-refractivity contribution in [2.75, 3.05) is 13.7 Å². The van der Waals surface area contributed by atoms with Crippen LogP contribution in [0.1, 0.15) is 12.7 Å². The van der Waals surface area contributed by atoms with Crippen molar-refractivity contribution < 1.29 is 36.0 Å². The van der Waals surface area contributed by atoms with E-state index >= 15 is 0 Å². The number of halogens is 1. The van der Waals surface area contributed by atoms with Crippen LogP contribution < -0.4 is 26.4 Å². The van der Waals surface area contributed by atoms with Crippen molar-refractivity contribution in [3.05, 3.63) is 54.4 Å². The monoisotopic (exact) mass is 390 g/mol. The first-order valence-corrected chi connectivity index (χ1v) is 8.53. The molecule has 0 fully saturated rings. The first-order chi connectivity index (χ1) is 12.7. The quantitative estimate of drug-likeness (QED) is 0.408. The summed E-state index contributed by atoms with van der Waals surface area (Å²) in [7, 11) is 3.57. The molecule has 3 aromatic rings. The van der Waals surface area contributed by atoms with E-state index in [0.29, 0.717) is 24.7 Å². The lowest BCUT2D eigenvalue weighted by Crippen LogP contribution is -3.00. The van der Waals surface area contributed by atoms with Gasteiger partial charge in [0.15, 0.2) is 35.7 Å². The number of para-hydroxylation sites is 4. The summed E-state index contributed by atoms with van der Waals surface area (Å²) in [6.45, 7) is 2.60. The van der Waals surface area contributed by atoms with E-state index in [1.165, 1.54) is 0 Å². The number of hydrogen-bond donors (Lipinski definition) is 0. The molecule has 3 rings (SSSR count). The number of aromatic nitrogens is 2. The zero-order valence-electron chi connectivity index (χ0n) is 15.6. The third-order valence-corrected chi connectivity index (χ3v) is 4.25. The molecule has 0 amide bonds. The van der Waals surface area contributed by atoms with Gasteiger partial charge in [0.25, 0.3) is 5.82 Å². The van der Waals surface area contributed by atoms with Crippen molar-refractivity contribution in [3.8, 4) is 11.5 Å². The summed E-state index contributed by atoms with van der Waals surface area (Å²) in [6.07, 6.45) is 0. The van der Waals surface area contributed by atoms with Crippen LogP contribution in [0, 0.1) is 0 Å². The number of carbonyl (C=O) groups excluding carboxylic acids is 1. The summed E-state index contributed by atoms with van der Waals surface area (Å²) in [5, 5.41) is 0. The van der Waals surface area contributed by atoms with Crippen LogP contribution in [0.15, 0.2) is 48.5 Å². The van der Waals surface area contributed by atoms with Crippen molar-refractivity contribution in [1.82, 2.24) is 4.57 Å². The third-order valence-electron chi connectivity index (χ3n) is 4.25. The molecule has 0 atom stereocenters. The van der Waals surface area contributed by atoms with Gasteiger partial charge in [-0.15, -0.1) is 0 Å². The van der Waals surface area contributed by atoms with E-state index in [2.05, 4.69) is 0 Å². The molecule has 0 bridgehead atoms. The van der Waals surface area contributed by atoms with Gasteiger partial charge in [0, 0.05) is 0 Å². The largest absolute Gasteiger partial charge is 1.00 e. The molecular formula is C20H23ClN2O4. The summed E-state index contributed by atoms with van der Waals surface area (Å²) >= 11 is 0. The lowest BCUT2D eigenvalue weighted by atomic mass is 10.3. The minimum Gasteiger partial charge on any atom is -1.00 e. The predicted molar refractivity (Wildman–Crippen MR) is 97.1 cm³/mol. The molecule has 2 aromatic carbocycles. The molecular weight excluding hydrogens is 368 g/mol. The molecule has 0 aliphatic carbocycles. The number of imidazole rings is 1. The zero-order chi connectivity index (χ0) is 18.5. The number of rotatable bonds is 7. The molecule has 0 spiro atoms. The maximum atomic E-state index is 12.1. The molecule has 1 aromatic heterocycles. The number of esters is 1. The lowest BCUT2D eigenvalue weighted by Gasteiger charge is -2.09. The maximum absolute atomic E-state index is 12.1. The highest BCUT2D eigenvalue weighted by atomic mass is 35.5. The fourth-order valence-electron chi connectivity index (χ4n) is 3.00. The molecule has 0 saturated carbocycles. The Balaban J connectivity index is 0.00000261. The van der Waals surface area contributed by atoms with Crippen molar-refractivity contribution in [3.63, 3.8) is 0 Å². The predicted octanol–water partition coefficient (Wildman–Crippen LogP) is -0.379. The van der Waals surface area contributed by atoms with Gasteiger partial charge in [0.1, 0.15) is 0 Å². The highest BCUT2D eigenvalue weighted by Crippen LogP contribution is 2.26. The number of aryl methyl sites for hydroxylation is 1. The van der Waals surface area contributed by atoms with E-state index in [1.54, 1.807) is 14.0 Å². The van der Waals surface area contributed by atoms with Crippen LogP contribution in [0.2, 0.25) is 0 Å². The molecule has 0 aliphatic heterocycles. The van der Waals surface area contributed by atoms with Crippen LogP contribution in [-0.2, 0) is 29.7 Å². The smallest absolute Gasteiger partial charge is 0.348 e. The first kappa shape index (κ1) is 20.6. The highest BCUT2D eigenvalue weighted by molar-refractivity contribution is 5.76. The molecule has 0 saturated heterocycles. The summed E-state index contributed by atoms with van der Waals surface area (Å²) in [5.41, 5.74) is 1.98. The molecule has 1 heterocycles. The van der Waals surface area contributed by atoms with Gasteiger partial charge in [0.05, 0.1) is 20.8 Å². The highest BCUT2D eigenvalue weighted by Gasteiger charge is 2.25. The van der Waals surface area contributed by atoms with E-state index in [9.17, 15) is 4.79 Å². The molecule has 6 nitrogen and oxygen atoms in total. The van der Waals surface area contributed by atoms with Crippen LogP contribution in [-0.4, -0.2) is 24.3 Å². The molecule has 27 heavy (non-hydrogen) atoms. The number of hydrogen-bond acceptors (Lipinski definition) is 4. The van der Waals surface area contributed by atoms with Gasteiger partial charge >= 0.3 is 5.97 Å². The summed E-state index contributed by atoms with van der Waals surface area (Å²) in [5.74, 6) is 1.92.